The number of carbonyl (C=O) groups is 2. The number of carboxylic acids is 1. The van der Waals surface area contributed by atoms with Gasteiger partial charge in [0.1, 0.15) is 0 Å². The number of rotatable bonds is 11. The summed E-state index contributed by atoms with van der Waals surface area (Å²) >= 11 is 0. The van der Waals surface area contributed by atoms with Crippen LogP contribution in [0.25, 0.3) is 6.08 Å². The van der Waals surface area contributed by atoms with Crippen LogP contribution in [-0.2, 0) is 16.0 Å². The zero-order valence-corrected chi connectivity index (χ0v) is 17.8. The average molecular weight is 411 g/mol. The molecule has 0 unspecified atom stereocenters. The number of likely N-dealkylation sites (N-methyl/N-ethyl adjacent to an activating group) is 1. The second-order valence-electron chi connectivity index (χ2n) is 6.78. The molecule has 0 aliphatic heterocycles. The number of benzene rings is 2. The first kappa shape index (κ1) is 23.0. The Kier molecular flexibility index (Phi) is 8.94. The molecule has 6 heteroatoms. The smallest absolute Gasteiger partial charge is 0.341 e. The molecule has 0 fully saturated rings. The van der Waals surface area contributed by atoms with Crippen molar-refractivity contribution in [3.63, 3.8) is 0 Å². The van der Waals surface area contributed by atoms with Crippen molar-refractivity contribution in [2.24, 2.45) is 0 Å². The van der Waals surface area contributed by atoms with Crippen LogP contribution in [0.2, 0.25) is 0 Å². The van der Waals surface area contributed by atoms with Gasteiger partial charge < -0.3 is 19.5 Å². The first-order valence-electron chi connectivity index (χ1n) is 10.1. The van der Waals surface area contributed by atoms with E-state index in [0.717, 1.165) is 17.5 Å². The van der Waals surface area contributed by atoms with Crippen molar-refractivity contribution in [1.29, 1.82) is 0 Å². The molecule has 0 aliphatic rings. The summed E-state index contributed by atoms with van der Waals surface area (Å²) in [5.74, 6) is -0.297. The summed E-state index contributed by atoms with van der Waals surface area (Å²) in [4.78, 5) is 25.2. The van der Waals surface area contributed by atoms with Crippen LogP contribution < -0.4 is 9.47 Å². The quantitative estimate of drug-likeness (QED) is 0.565. The zero-order valence-electron chi connectivity index (χ0n) is 17.8. The summed E-state index contributed by atoms with van der Waals surface area (Å²) in [6, 6.07) is 15.2. The molecule has 1 N–H and O–H groups in total. The predicted octanol–water partition coefficient (Wildman–Crippen LogP) is 4.04. The largest absolute Gasteiger partial charge is 0.489 e. The van der Waals surface area contributed by atoms with Crippen LogP contribution in [0.1, 0.15) is 31.9 Å². The van der Waals surface area contributed by atoms with Crippen LogP contribution in [0, 0.1) is 0 Å². The SMILES string of the molecule is CCN(CC)C(=O)/C(C)=C\c1ccc(OCCc2ccccc2)c(OCC(=O)O)c1. The van der Waals surface area contributed by atoms with Gasteiger partial charge >= 0.3 is 5.97 Å². The maximum absolute atomic E-state index is 12.5. The van der Waals surface area contributed by atoms with E-state index in [1.54, 1.807) is 30.0 Å². The fraction of sp³-hybridized carbons (Fsp3) is 0.333. The highest BCUT2D eigenvalue weighted by atomic mass is 16.5. The van der Waals surface area contributed by atoms with Crippen LogP contribution >= 0.6 is 0 Å². The van der Waals surface area contributed by atoms with E-state index in [9.17, 15) is 9.59 Å². The molecule has 2 aromatic carbocycles. The maximum Gasteiger partial charge on any atom is 0.341 e. The van der Waals surface area contributed by atoms with E-state index in [4.69, 9.17) is 14.6 Å². The zero-order chi connectivity index (χ0) is 21.9. The molecule has 1 amide bonds. The van der Waals surface area contributed by atoms with Crippen molar-refractivity contribution in [2.45, 2.75) is 27.2 Å². The van der Waals surface area contributed by atoms with E-state index in [1.165, 1.54) is 0 Å². The average Bonchev–Trinajstić information content (AvgIpc) is 2.74. The topological polar surface area (TPSA) is 76.1 Å². The first-order chi connectivity index (χ1) is 14.4. The molecule has 0 aromatic heterocycles. The maximum atomic E-state index is 12.5. The van der Waals surface area contributed by atoms with E-state index in [-0.39, 0.29) is 5.91 Å². The summed E-state index contributed by atoms with van der Waals surface area (Å²) in [7, 11) is 0. The molecule has 0 bridgehead atoms. The monoisotopic (exact) mass is 411 g/mol. The second kappa shape index (κ2) is 11.7. The third-order valence-electron chi connectivity index (χ3n) is 4.58. The molecule has 30 heavy (non-hydrogen) atoms. The van der Waals surface area contributed by atoms with Crippen LogP contribution in [0.4, 0.5) is 0 Å². The number of ether oxygens (including phenoxy) is 2. The van der Waals surface area contributed by atoms with Crippen molar-refractivity contribution in [1.82, 2.24) is 4.90 Å². The van der Waals surface area contributed by atoms with Crippen molar-refractivity contribution < 1.29 is 24.2 Å². The second-order valence-corrected chi connectivity index (χ2v) is 6.78. The van der Waals surface area contributed by atoms with E-state index >= 15 is 0 Å². The number of hydrogen-bond acceptors (Lipinski definition) is 4. The first-order valence-corrected chi connectivity index (χ1v) is 10.1. The minimum atomic E-state index is -1.07. The number of carboxylic acid groups (broad SMARTS) is 1. The lowest BCUT2D eigenvalue weighted by molar-refractivity contribution is -0.139. The molecule has 6 nitrogen and oxygen atoms in total. The number of nitrogens with zero attached hydrogens (tertiary/aromatic N) is 1. The Hall–Kier alpha value is -3.28. The molecule has 2 rings (SSSR count). The van der Waals surface area contributed by atoms with E-state index in [1.807, 2.05) is 50.2 Å². The lowest BCUT2D eigenvalue weighted by atomic mass is 10.1. The van der Waals surface area contributed by atoms with Gasteiger partial charge in [-0.15, -0.1) is 0 Å². The van der Waals surface area contributed by atoms with Gasteiger partial charge in [-0.25, -0.2) is 4.79 Å². The predicted molar refractivity (Wildman–Crippen MR) is 117 cm³/mol. The van der Waals surface area contributed by atoms with Gasteiger partial charge in [0.2, 0.25) is 5.91 Å². The molecular formula is C24H29NO5. The highest BCUT2D eigenvalue weighted by Gasteiger charge is 2.13. The highest BCUT2D eigenvalue weighted by Crippen LogP contribution is 2.29. The lowest BCUT2D eigenvalue weighted by Gasteiger charge is -2.19. The van der Waals surface area contributed by atoms with Crippen molar-refractivity contribution in [3.05, 3.63) is 65.2 Å². The Morgan fingerprint density at radius 2 is 1.70 bits per heavy atom. The Morgan fingerprint density at radius 3 is 2.33 bits per heavy atom. The molecule has 0 spiro atoms. The molecule has 2 aromatic rings. The van der Waals surface area contributed by atoms with Gasteiger partial charge in [-0.3, -0.25) is 4.79 Å². The summed E-state index contributed by atoms with van der Waals surface area (Å²) in [5, 5.41) is 8.97. The number of aliphatic carboxylic acids is 1. The van der Waals surface area contributed by atoms with Crippen LogP contribution in [0.15, 0.2) is 54.1 Å². The van der Waals surface area contributed by atoms with Gasteiger partial charge in [0.05, 0.1) is 6.61 Å². The molecule has 0 saturated carbocycles. The molecular weight excluding hydrogens is 382 g/mol. The van der Waals surface area contributed by atoms with Gasteiger partial charge in [0, 0.05) is 25.1 Å². The Morgan fingerprint density at radius 1 is 1.00 bits per heavy atom. The van der Waals surface area contributed by atoms with E-state index < -0.39 is 12.6 Å². The molecule has 160 valence electrons. The van der Waals surface area contributed by atoms with Crippen molar-refractivity contribution >= 4 is 18.0 Å². The van der Waals surface area contributed by atoms with Crippen LogP contribution in [0.3, 0.4) is 0 Å². The van der Waals surface area contributed by atoms with Gasteiger partial charge in [-0.1, -0.05) is 36.4 Å². The van der Waals surface area contributed by atoms with Gasteiger partial charge in [0.25, 0.3) is 0 Å². The number of amides is 1. The lowest BCUT2D eigenvalue weighted by Crippen LogP contribution is -2.30. The molecule has 0 aliphatic carbocycles. The Bertz CT molecular complexity index is 872. The van der Waals surface area contributed by atoms with Crippen LogP contribution in [-0.4, -0.2) is 48.2 Å². The molecule has 0 saturated heterocycles. The van der Waals surface area contributed by atoms with Gasteiger partial charge in [-0.05, 0) is 50.1 Å². The highest BCUT2D eigenvalue weighted by molar-refractivity contribution is 5.97. The Labute approximate surface area is 177 Å². The normalized spacial score (nSPS) is 11.1. The minimum absolute atomic E-state index is 0.0313. The Balaban J connectivity index is 2.16. The number of carbonyl (C=O) groups excluding carboxylic acids is 1. The summed E-state index contributed by atoms with van der Waals surface area (Å²) in [5.41, 5.74) is 2.49. The third-order valence-corrected chi connectivity index (χ3v) is 4.58. The van der Waals surface area contributed by atoms with Crippen molar-refractivity contribution in [3.8, 4) is 11.5 Å². The van der Waals surface area contributed by atoms with E-state index in [0.29, 0.717) is 36.8 Å². The summed E-state index contributed by atoms with van der Waals surface area (Å²) < 4.78 is 11.3. The summed E-state index contributed by atoms with van der Waals surface area (Å²) in [6.07, 6.45) is 2.49. The molecule has 0 heterocycles. The van der Waals surface area contributed by atoms with Gasteiger partial charge in [-0.2, -0.15) is 0 Å². The standard InChI is InChI=1S/C24H29NO5/c1-4-25(5-2)24(28)18(3)15-20-11-12-21(22(16-20)30-17-23(26)27)29-14-13-19-9-7-6-8-10-19/h6-12,15-16H,4-5,13-14,17H2,1-3H3,(H,26,27)/b18-15-. The number of hydrogen-bond donors (Lipinski definition) is 1. The van der Waals surface area contributed by atoms with Gasteiger partial charge in [0.15, 0.2) is 18.1 Å². The summed E-state index contributed by atoms with van der Waals surface area (Å²) in [6.45, 7) is 6.88. The van der Waals surface area contributed by atoms with Crippen molar-refractivity contribution in [2.75, 3.05) is 26.3 Å². The molecule has 0 atom stereocenters. The molecule has 0 radical (unpaired) electrons. The fourth-order valence-electron chi connectivity index (χ4n) is 2.98. The van der Waals surface area contributed by atoms with Crippen LogP contribution in [0.5, 0.6) is 11.5 Å². The third kappa shape index (κ3) is 6.95. The minimum Gasteiger partial charge on any atom is -0.489 e. The van der Waals surface area contributed by atoms with E-state index in [2.05, 4.69) is 0 Å². The fourth-order valence-corrected chi connectivity index (χ4v) is 2.98.